The van der Waals surface area contributed by atoms with Gasteiger partial charge < -0.3 is 0 Å². The van der Waals surface area contributed by atoms with Gasteiger partial charge >= 0.3 is 6.18 Å². The molecule has 19 heavy (non-hydrogen) atoms. The summed E-state index contributed by atoms with van der Waals surface area (Å²) in [5, 5.41) is 3.59. The third kappa shape index (κ3) is 7.16. The largest absolute Gasteiger partial charge is 0.408 e. The van der Waals surface area contributed by atoms with E-state index in [9.17, 15) is 21.6 Å². The van der Waals surface area contributed by atoms with Gasteiger partial charge in [0.15, 0.2) is 0 Å². The van der Waals surface area contributed by atoms with E-state index >= 15 is 0 Å². The number of aromatic nitrogens is 2. The molecule has 0 bridgehead atoms. The minimum absolute atomic E-state index is 0.0783. The summed E-state index contributed by atoms with van der Waals surface area (Å²) in [5.74, 6) is -0.435. The zero-order valence-electron chi connectivity index (χ0n) is 10.3. The van der Waals surface area contributed by atoms with Gasteiger partial charge in [-0.2, -0.15) is 26.7 Å². The van der Waals surface area contributed by atoms with Crippen LogP contribution in [0.4, 0.5) is 13.2 Å². The summed E-state index contributed by atoms with van der Waals surface area (Å²) in [6.07, 6.45) is -1.05. The fourth-order valence-corrected chi connectivity index (χ4v) is 2.34. The molecule has 5 nitrogen and oxygen atoms in total. The van der Waals surface area contributed by atoms with Crippen molar-refractivity contribution in [3.8, 4) is 0 Å². The van der Waals surface area contributed by atoms with Crippen molar-refractivity contribution in [1.29, 1.82) is 0 Å². The molecule has 1 atom stereocenters. The Kier molecular flexibility index (Phi) is 4.97. The maximum Gasteiger partial charge on any atom is 0.408 e. The Balaban J connectivity index is 2.49. The van der Waals surface area contributed by atoms with Gasteiger partial charge in [-0.15, -0.1) is 0 Å². The first kappa shape index (κ1) is 16.0. The summed E-state index contributed by atoms with van der Waals surface area (Å²) in [7, 11) is -4.00. The van der Waals surface area contributed by atoms with E-state index in [4.69, 9.17) is 4.55 Å². The normalized spacial score (nSPS) is 14.6. The number of hydrogen-bond acceptors (Lipinski definition) is 3. The molecule has 0 aromatic carbocycles. The van der Waals surface area contributed by atoms with E-state index in [1.54, 1.807) is 6.92 Å². The van der Waals surface area contributed by atoms with Crippen LogP contribution in [0.3, 0.4) is 0 Å². The van der Waals surface area contributed by atoms with Crippen molar-refractivity contribution in [2.24, 2.45) is 5.92 Å². The highest BCUT2D eigenvalue weighted by molar-refractivity contribution is 7.85. The second-order valence-electron chi connectivity index (χ2n) is 4.55. The summed E-state index contributed by atoms with van der Waals surface area (Å²) < 4.78 is 66.8. The molecule has 1 N–H and O–H groups in total. The van der Waals surface area contributed by atoms with Crippen LogP contribution in [0.15, 0.2) is 12.4 Å². The summed E-state index contributed by atoms with van der Waals surface area (Å²) in [6.45, 7) is 0.610. The highest BCUT2D eigenvalue weighted by atomic mass is 32.2. The van der Waals surface area contributed by atoms with Crippen molar-refractivity contribution in [3.63, 3.8) is 0 Å². The van der Waals surface area contributed by atoms with Crippen molar-refractivity contribution in [3.05, 3.63) is 18.0 Å². The Morgan fingerprint density at radius 2 is 2.11 bits per heavy atom. The van der Waals surface area contributed by atoms with Crippen LogP contribution in [0.1, 0.15) is 18.9 Å². The van der Waals surface area contributed by atoms with Gasteiger partial charge in [-0.05, 0) is 24.3 Å². The van der Waals surface area contributed by atoms with Gasteiger partial charge in [0.05, 0.1) is 11.9 Å². The molecule has 0 radical (unpaired) electrons. The molecule has 1 heterocycles. The quantitative estimate of drug-likeness (QED) is 0.814. The number of halogens is 3. The van der Waals surface area contributed by atoms with E-state index < -0.39 is 22.8 Å². The van der Waals surface area contributed by atoms with Crippen LogP contribution in [0.25, 0.3) is 0 Å². The maximum atomic E-state index is 12.1. The molecule has 1 rings (SSSR count). The minimum Gasteiger partial charge on any atom is -0.286 e. The van der Waals surface area contributed by atoms with Gasteiger partial charge in [0.2, 0.25) is 0 Å². The predicted octanol–water partition coefficient (Wildman–Crippen LogP) is 1.90. The average Bonchev–Trinajstić information content (AvgIpc) is 2.58. The lowest BCUT2D eigenvalue weighted by Crippen LogP contribution is -2.17. The number of alkyl halides is 3. The van der Waals surface area contributed by atoms with Crippen LogP contribution in [0, 0.1) is 5.92 Å². The lowest BCUT2D eigenvalue weighted by molar-refractivity contribution is -0.142. The zero-order chi connectivity index (χ0) is 14.7. The van der Waals surface area contributed by atoms with Crippen LogP contribution in [-0.4, -0.2) is 34.7 Å². The predicted molar refractivity (Wildman–Crippen MR) is 62.2 cm³/mol. The van der Waals surface area contributed by atoms with E-state index in [1.165, 1.54) is 12.4 Å². The average molecular weight is 300 g/mol. The van der Waals surface area contributed by atoms with E-state index in [0.29, 0.717) is 12.0 Å². The minimum atomic E-state index is -4.32. The SMILES string of the molecule is CC(CCS(=O)(=O)O)Cc1cnn(CC(F)(F)F)c1. The fraction of sp³-hybridized carbons (Fsp3) is 0.700. The van der Waals surface area contributed by atoms with Crippen molar-refractivity contribution in [2.75, 3.05) is 5.75 Å². The Morgan fingerprint density at radius 1 is 1.47 bits per heavy atom. The summed E-state index contributed by atoms with van der Waals surface area (Å²) in [5.41, 5.74) is 0.604. The summed E-state index contributed by atoms with van der Waals surface area (Å²) >= 11 is 0. The molecule has 110 valence electrons. The Bertz CT molecular complexity index is 510. The zero-order valence-corrected chi connectivity index (χ0v) is 11.1. The second-order valence-corrected chi connectivity index (χ2v) is 6.12. The summed E-state index contributed by atoms with van der Waals surface area (Å²) in [6, 6.07) is 0. The lowest BCUT2D eigenvalue weighted by atomic mass is 10.0. The van der Waals surface area contributed by atoms with Crippen molar-refractivity contribution in [1.82, 2.24) is 9.78 Å². The molecule has 0 aliphatic heterocycles. The fourth-order valence-electron chi connectivity index (χ4n) is 1.64. The molecule has 0 aliphatic carbocycles. The first-order valence-corrected chi connectivity index (χ1v) is 7.19. The van der Waals surface area contributed by atoms with Gasteiger partial charge in [-0.1, -0.05) is 6.92 Å². The second kappa shape index (κ2) is 5.91. The van der Waals surface area contributed by atoms with E-state index in [2.05, 4.69) is 5.10 Å². The lowest BCUT2D eigenvalue weighted by Gasteiger charge is -2.08. The monoisotopic (exact) mass is 300 g/mol. The van der Waals surface area contributed by atoms with Crippen molar-refractivity contribution < 1.29 is 26.1 Å². The molecule has 0 saturated heterocycles. The van der Waals surface area contributed by atoms with E-state index in [1.807, 2.05) is 0 Å². The summed E-state index contributed by atoms with van der Waals surface area (Å²) in [4.78, 5) is 0. The molecule has 0 amide bonds. The molecule has 1 unspecified atom stereocenters. The first-order chi connectivity index (χ1) is 8.55. The van der Waals surface area contributed by atoms with Gasteiger partial charge in [-0.3, -0.25) is 9.23 Å². The molecular weight excluding hydrogens is 285 g/mol. The van der Waals surface area contributed by atoms with Crippen LogP contribution in [-0.2, 0) is 23.1 Å². The van der Waals surface area contributed by atoms with Gasteiger partial charge in [0.1, 0.15) is 6.54 Å². The van der Waals surface area contributed by atoms with E-state index in [0.717, 1.165) is 4.68 Å². The Labute approximate surface area is 109 Å². The molecule has 1 aromatic heterocycles. The van der Waals surface area contributed by atoms with Crippen LogP contribution >= 0.6 is 0 Å². The highest BCUT2D eigenvalue weighted by Gasteiger charge is 2.28. The Morgan fingerprint density at radius 3 is 2.63 bits per heavy atom. The molecule has 1 aromatic rings. The molecule has 0 saturated carbocycles. The van der Waals surface area contributed by atoms with Crippen LogP contribution in [0.5, 0.6) is 0 Å². The highest BCUT2D eigenvalue weighted by Crippen LogP contribution is 2.18. The Hall–Kier alpha value is -1.09. The molecule has 9 heteroatoms. The molecule has 0 fully saturated rings. The van der Waals surface area contributed by atoms with Crippen LogP contribution in [0.2, 0.25) is 0 Å². The van der Waals surface area contributed by atoms with Crippen molar-refractivity contribution >= 4 is 10.1 Å². The molecule has 0 spiro atoms. The number of rotatable bonds is 6. The molecular formula is C10H15F3N2O3S. The van der Waals surface area contributed by atoms with Gasteiger partial charge in [-0.25, -0.2) is 0 Å². The third-order valence-electron chi connectivity index (χ3n) is 2.48. The topological polar surface area (TPSA) is 72.2 Å². The number of hydrogen-bond donors (Lipinski definition) is 1. The maximum absolute atomic E-state index is 12.1. The number of nitrogens with zero attached hydrogens (tertiary/aromatic N) is 2. The van der Waals surface area contributed by atoms with Crippen LogP contribution < -0.4 is 0 Å². The first-order valence-electron chi connectivity index (χ1n) is 5.58. The van der Waals surface area contributed by atoms with Gasteiger partial charge in [0.25, 0.3) is 10.1 Å². The van der Waals surface area contributed by atoms with Crippen molar-refractivity contribution in [2.45, 2.75) is 32.5 Å². The standard InChI is InChI=1S/C10H15F3N2O3S/c1-8(2-3-19(16,17)18)4-9-5-14-15(6-9)7-10(11,12)13/h5-6,8H,2-4,7H2,1H3,(H,16,17,18). The van der Waals surface area contributed by atoms with Gasteiger partial charge in [0, 0.05) is 6.20 Å². The smallest absolute Gasteiger partial charge is 0.286 e. The third-order valence-corrected chi connectivity index (χ3v) is 3.23. The molecule has 0 aliphatic rings. The van der Waals surface area contributed by atoms with E-state index in [-0.39, 0.29) is 18.1 Å².